The van der Waals surface area contributed by atoms with Crippen molar-refractivity contribution in [3.8, 4) is 16.9 Å². The zero-order valence-corrected chi connectivity index (χ0v) is 19.6. The van der Waals surface area contributed by atoms with Crippen LogP contribution >= 0.6 is 11.3 Å². The number of carbonyl (C=O) groups excluding carboxylic acids is 3. The van der Waals surface area contributed by atoms with Crippen molar-refractivity contribution in [1.82, 2.24) is 25.3 Å². The molecule has 2 N–H and O–H groups in total. The fourth-order valence-electron chi connectivity index (χ4n) is 4.55. The van der Waals surface area contributed by atoms with Crippen molar-refractivity contribution in [2.24, 2.45) is 7.05 Å². The van der Waals surface area contributed by atoms with E-state index in [9.17, 15) is 14.4 Å². The Morgan fingerprint density at radius 2 is 2.18 bits per heavy atom. The summed E-state index contributed by atoms with van der Waals surface area (Å²) >= 11 is 1.54. The quantitative estimate of drug-likeness (QED) is 0.546. The first-order valence-electron chi connectivity index (χ1n) is 11.1. The second-order valence-electron chi connectivity index (χ2n) is 8.54. The van der Waals surface area contributed by atoms with E-state index in [1.165, 1.54) is 0 Å². The molecule has 2 aliphatic rings. The van der Waals surface area contributed by atoms with E-state index in [-0.39, 0.29) is 12.5 Å². The van der Waals surface area contributed by atoms with Gasteiger partial charge in [0.15, 0.2) is 0 Å². The van der Waals surface area contributed by atoms with Crippen molar-refractivity contribution in [2.45, 2.75) is 24.9 Å². The molecular weight excluding hydrogens is 454 g/mol. The highest BCUT2D eigenvalue weighted by Crippen LogP contribution is 2.37. The number of aldehydes is 1. The van der Waals surface area contributed by atoms with Crippen LogP contribution in [-0.2, 0) is 35.1 Å². The first kappa shape index (κ1) is 22.1. The van der Waals surface area contributed by atoms with Crippen molar-refractivity contribution in [3.05, 3.63) is 58.0 Å². The molecule has 0 saturated heterocycles. The predicted molar refractivity (Wildman–Crippen MR) is 126 cm³/mol. The van der Waals surface area contributed by atoms with Crippen molar-refractivity contribution >= 4 is 29.6 Å². The number of nitrogens with zero attached hydrogens (tertiary/aromatic N) is 3. The molecule has 1 aliphatic heterocycles. The third kappa shape index (κ3) is 4.16. The number of urea groups is 1. The molecule has 3 amide bonds. The van der Waals surface area contributed by atoms with E-state index in [0.717, 1.165) is 39.2 Å². The lowest BCUT2D eigenvalue weighted by Crippen LogP contribution is -2.52. The molecule has 0 spiro atoms. The minimum absolute atomic E-state index is 0.158. The summed E-state index contributed by atoms with van der Waals surface area (Å²) in [7, 11) is 1.86. The van der Waals surface area contributed by atoms with Crippen molar-refractivity contribution in [3.63, 3.8) is 0 Å². The number of ether oxygens (including phenoxy) is 1. The van der Waals surface area contributed by atoms with Gasteiger partial charge in [-0.3, -0.25) is 9.48 Å². The SMILES string of the molecule is Cn1cc(-c2ccc3c(c2)CC[C@]3(C=O)NC(=O)NCC(=O)N2CCOc3ccsc3C2)cn1. The number of thiophene rings is 1. The fourth-order valence-corrected chi connectivity index (χ4v) is 5.38. The number of hydrogen-bond donors (Lipinski definition) is 2. The first-order valence-corrected chi connectivity index (χ1v) is 12.0. The topological polar surface area (TPSA) is 106 Å². The van der Waals surface area contributed by atoms with E-state index in [2.05, 4.69) is 15.7 Å². The van der Waals surface area contributed by atoms with Gasteiger partial charge in [-0.05, 0) is 41.0 Å². The number of nitrogens with one attached hydrogen (secondary N) is 2. The van der Waals surface area contributed by atoms with Gasteiger partial charge in [-0.25, -0.2) is 4.79 Å². The molecule has 1 atom stereocenters. The van der Waals surface area contributed by atoms with Gasteiger partial charge in [0.25, 0.3) is 0 Å². The van der Waals surface area contributed by atoms with Crippen LogP contribution in [0.15, 0.2) is 42.0 Å². The minimum Gasteiger partial charge on any atom is -0.491 e. The maximum absolute atomic E-state index is 12.7. The second kappa shape index (κ2) is 8.94. The smallest absolute Gasteiger partial charge is 0.316 e. The number of rotatable bonds is 5. The molecule has 0 bridgehead atoms. The van der Waals surface area contributed by atoms with Gasteiger partial charge < -0.3 is 25.1 Å². The van der Waals surface area contributed by atoms with Crippen LogP contribution in [0.2, 0.25) is 0 Å². The molecule has 3 heterocycles. The standard InChI is InChI=1S/C24H25N5O4S/c1-28-13-18(11-26-28)16-2-3-19-17(10-16)4-6-24(19,15-30)27-23(32)25-12-22(31)29-7-8-33-20-5-9-34-21(20)14-29/h2-3,5,9-11,13,15H,4,6-8,12,14H2,1H3,(H2,25,27,32)/t24-/m1/s1. The molecule has 3 aromatic rings. The lowest BCUT2D eigenvalue weighted by molar-refractivity contribution is -0.130. The van der Waals surface area contributed by atoms with Crippen LogP contribution in [-0.4, -0.2) is 52.6 Å². The Morgan fingerprint density at radius 1 is 1.29 bits per heavy atom. The Labute approximate surface area is 200 Å². The highest BCUT2D eigenvalue weighted by atomic mass is 32.1. The third-order valence-corrected chi connectivity index (χ3v) is 7.25. The first-order chi connectivity index (χ1) is 16.5. The Morgan fingerprint density at radius 3 is 2.97 bits per heavy atom. The number of aromatic nitrogens is 2. The number of fused-ring (bicyclic) bond motifs is 2. The molecule has 176 valence electrons. The Hall–Kier alpha value is -3.66. The van der Waals surface area contributed by atoms with E-state index >= 15 is 0 Å². The summed E-state index contributed by atoms with van der Waals surface area (Å²) in [5, 5.41) is 11.6. The molecule has 1 aliphatic carbocycles. The molecular formula is C24H25N5O4S. The lowest BCUT2D eigenvalue weighted by Gasteiger charge is -2.26. The van der Waals surface area contributed by atoms with Gasteiger partial charge in [0.1, 0.15) is 24.2 Å². The number of hydrogen-bond acceptors (Lipinski definition) is 6. The number of aryl methyl sites for hydroxylation is 2. The molecule has 34 heavy (non-hydrogen) atoms. The molecule has 0 unspecified atom stereocenters. The van der Waals surface area contributed by atoms with Crippen molar-refractivity contribution < 1.29 is 19.1 Å². The molecule has 9 nitrogen and oxygen atoms in total. The van der Waals surface area contributed by atoms with Gasteiger partial charge in [0, 0.05) is 18.8 Å². The van der Waals surface area contributed by atoms with Crippen molar-refractivity contribution in [1.29, 1.82) is 0 Å². The maximum Gasteiger partial charge on any atom is 0.316 e. The number of benzene rings is 1. The van der Waals surface area contributed by atoms with Gasteiger partial charge >= 0.3 is 6.03 Å². The average molecular weight is 480 g/mol. The average Bonchev–Trinajstić information content (AvgIpc) is 3.53. The van der Waals surface area contributed by atoms with Gasteiger partial charge in [-0.15, -0.1) is 11.3 Å². The van der Waals surface area contributed by atoms with E-state index in [1.54, 1.807) is 27.1 Å². The summed E-state index contributed by atoms with van der Waals surface area (Å²) in [6.07, 6.45) is 5.64. The monoisotopic (exact) mass is 479 g/mol. The summed E-state index contributed by atoms with van der Waals surface area (Å²) in [6, 6.07) is 7.22. The summed E-state index contributed by atoms with van der Waals surface area (Å²) in [6.45, 7) is 1.16. The van der Waals surface area contributed by atoms with E-state index < -0.39 is 11.6 Å². The summed E-state index contributed by atoms with van der Waals surface area (Å²) in [5.41, 5.74) is 2.69. The molecule has 0 fully saturated rings. The Balaban J connectivity index is 1.23. The van der Waals surface area contributed by atoms with Crippen molar-refractivity contribution in [2.75, 3.05) is 19.7 Å². The van der Waals surface area contributed by atoms with Gasteiger partial charge in [0.05, 0.1) is 30.7 Å². The van der Waals surface area contributed by atoms with E-state index in [4.69, 9.17) is 4.74 Å². The Kier molecular flexibility index (Phi) is 5.82. The second-order valence-corrected chi connectivity index (χ2v) is 9.54. The molecule has 10 heteroatoms. The van der Waals surface area contributed by atoms with Crippen LogP contribution in [0.3, 0.4) is 0 Å². The zero-order valence-electron chi connectivity index (χ0n) is 18.7. The predicted octanol–water partition coefficient (Wildman–Crippen LogP) is 2.21. The van der Waals surface area contributed by atoms with Gasteiger partial charge in [-0.2, -0.15) is 5.10 Å². The normalized spacial score (nSPS) is 18.9. The lowest BCUT2D eigenvalue weighted by atomic mass is 9.92. The van der Waals surface area contributed by atoms with Gasteiger partial charge in [-0.1, -0.05) is 18.2 Å². The largest absolute Gasteiger partial charge is 0.491 e. The van der Waals surface area contributed by atoms with Crippen LogP contribution in [0, 0.1) is 0 Å². The van der Waals surface area contributed by atoms with Crippen LogP contribution in [0.4, 0.5) is 4.79 Å². The maximum atomic E-state index is 12.7. The third-order valence-electron chi connectivity index (χ3n) is 6.36. The van der Waals surface area contributed by atoms with E-state index in [0.29, 0.717) is 32.5 Å². The minimum atomic E-state index is -1.11. The number of amides is 3. The summed E-state index contributed by atoms with van der Waals surface area (Å²) < 4.78 is 7.39. The molecule has 1 aromatic carbocycles. The van der Waals surface area contributed by atoms with Crippen LogP contribution in [0.5, 0.6) is 5.75 Å². The highest BCUT2D eigenvalue weighted by Gasteiger charge is 2.40. The number of carbonyl (C=O) groups is 3. The summed E-state index contributed by atoms with van der Waals surface area (Å²) in [4.78, 5) is 40.2. The highest BCUT2D eigenvalue weighted by molar-refractivity contribution is 7.10. The van der Waals surface area contributed by atoms with Crippen LogP contribution in [0.1, 0.15) is 22.4 Å². The van der Waals surface area contributed by atoms with E-state index in [1.807, 2.05) is 42.9 Å². The molecule has 2 aromatic heterocycles. The molecule has 5 rings (SSSR count). The van der Waals surface area contributed by atoms with Gasteiger partial charge in [0.2, 0.25) is 5.91 Å². The Bertz CT molecular complexity index is 1250. The molecule has 0 saturated carbocycles. The molecule has 0 radical (unpaired) electrons. The summed E-state index contributed by atoms with van der Waals surface area (Å²) in [5.74, 6) is 0.610. The van der Waals surface area contributed by atoms with Crippen LogP contribution in [0.25, 0.3) is 11.1 Å². The fraction of sp³-hybridized carbons (Fsp3) is 0.333. The van der Waals surface area contributed by atoms with Crippen LogP contribution < -0.4 is 15.4 Å². The zero-order chi connectivity index (χ0) is 23.7.